The van der Waals surface area contributed by atoms with E-state index in [2.05, 4.69) is 23.2 Å². The smallest absolute Gasteiger partial charge is 0.257 e. The van der Waals surface area contributed by atoms with Crippen molar-refractivity contribution in [2.45, 2.75) is 13.2 Å². The Morgan fingerprint density at radius 3 is 2.50 bits per heavy atom. The monoisotopic (exact) mass is 342 g/mol. The van der Waals surface area contributed by atoms with Gasteiger partial charge in [-0.25, -0.2) is 4.98 Å². The van der Waals surface area contributed by atoms with Crippen molar-refractivity contribution in [3.63, 3.8) is 0 Å². The maximum Gasteiger partial charge on any atom is 0.257 e. The third-order valence-electron chi connectivity index (χ3n) is 4.31. The van der Waals surface area contributed by atoms with Gasteiger partial charge in [0.05, 0.1) is 12.6 Å². The van der Waals surface area contributed by atoms with Crippen LogP contribution in [0.25, 0.3) is 10.8 Å². The molecular weight excluding hydrogens is 324 g/mol. The van der Waals surface area contributed by atoms with E-state index in [0.717, 1.165) is 16.5 Å². The fraction of sp³-hybridized carbons (Fsp3) is 0.0909. The number of ether oxygens (including phenoxy) is 1. The number of fused-ring (bicyclic) bond motifs is 1. The Balaban J connectivity index is 1.50. The zero-order chi connectivity index (χ0) is 17.8. The highest BCUT2D eigenvalue weighted by atomic mass is 16.5. The van der Waals surface area contributed by atoms with Gasteiger partial charge >= 0.3 is 0 Å². The summed E-state index contributed by atoms with van der Waals surface area (Å²) in [6.07, 6.45) is 1.54. The van der Waals surface area contributed by atoms with Gasteiger partial charge in [0, 0.05) is 0 Å². The van der Waals surface area contributed by atoms with Gasteiger partial charge in [-0.15, -0.1) is 0 Å². The summed E-state index contributed by atoms with van der Waals surface area (Å²) in [6, 6.07) is 25.5. The van der Waals surface area contributed by atoms with Crippen LogP contribution in [0.1, 0.15) is 11.1 Å². The molecule has 4 heteroatoms. The predicted molar refractivity (Wildman–Crippen MR) is 102 cm³/mol. The molecule has 0 fully saturated rings. The molecule has 3 aromatic carbocycles. The van der Waals surface area contributed by atoms with Gasteiger partial charge in [-0.3, -0.25) is 9.36 Å². The topological polar surface area (TPSA) is 44.1 Å². The van der Waals surface area contributed by atoms with Crippen LogP contribution in [0.5, 0.6) is 5.88 Å². The van der Waals surface area contributed by atoms with E-state index in [-0.39, 0.29) is 5.56 Å². The quantitative estimate of drug-likeness (QED) is 0.550. The molecule has 0 aliphatic carbocycles. The highest BCUT2D eigenvalue weighted by Gasteiger charge is 2.05. The standard InChI is InChI=1S/C22H18N2O2/c25-22-13-21(23-16-24(22)14-17-7-2-1-3-8-17)26-15-19-11-6-10-18-9-4-5-12-20(18)19/h1-13,16H,14-15H2. The van der Waals surface area contributed by atoms with Crippen LogP contribution >= 0.6 is 0 Å². The van der Waals surface area contributed by atoms with Gasteiger partial charge < -0.3 is 4.74 Å². The minimum atomic E-state index is -0.128. The van der Waals surface area contributed by atoms with E-state index in [0.29, 0.717) is 19.0 Å². The molecule has 4 rings (SSSR count). The highest BCUT2D eigenvalue weighted by molar-refractivity contribution is 5.85. The average Bonchev–Trinajstić information content (AvgIpc) is 2.69. The Bertz CT molecular complexity index is 1080. The first-order valence-electron chi connectivity index (χ1n) is 8.49. The van der Waals surface area contributed by atoms with Crippen LogP contribution in [0.2, 0.25) is 0 Å². The molecule has 0 atom stereocenters. The predicted octanol–water partition coefficient (Wildman–Crippen LogP) is 4.02. The fourth-order valence-electron chi connectivity index (χ4n) is 2.96. The minimum absolute atomic E-state index is 0.128. The normalized spacial score (nSPS) is 10.8. The van der Waals surface area contributed by atoms with Crippen molar-refractivity contribution in [2.75, 3.05) is 0 Å². The number of benzene rings is 3. The molecule has 0 aliphatic heterocycles. The number of hydrogen-bond acceptors (Lipinski definition) is 3. The second kappa shape index (κ2) is 7.23. The van der Waals surface area contributed by atoms with Crippen molar-refractivity contribution in [3.8, 4) is 5.88 Å². The van der Waals surface area contributed by atoms with Gasteiger partial charge in [-0.2, -0.15) is 0 Å². The van der Waals surface area contributed by atoms with E-state index < -0.39 is 0 Å². The van der Waals surface area contributed by atoms with Crippen LogP contribution in [-0.4, -0.2) is 9.55 Å². The molecule has 0 radical (unpaired) electrons. The van der Waals surface area contributed by atoms with Gasteiger partial charge in [0.25, 0.3) is 5.56 Å². The zero-order valence-corrected chi connectivity index (χ0v) is 14.2. The molecule has 0 spiro atoms. The minimum Gasteiger partial charge on any atom is -0.473 e. The molecule has 0 saturated carbocycles. The third-order valence-corrected chi connectivity index (χ3v) is 4.31. The van der Waals surface area contributed by atoms with Crippen LogP contribution in [-0.2, 0) is 13.2 Å². The van der Waals surface area contributed by atoms with Crippen LogP contribution in [0.15, 0.2) is 90.0 Å². The second-order valence-corrected chi connectivity index (χ2v) is 6.11. The van der Waals surface area contributed by atoms with Crippen LogP contribution in [0.3, 0.4) is 0 Å². The Hall–Kier alpha value is -3.40. The molecule has 0 aliphatic rings. The summed E-state index contributed by atoms with van der Waals surface area (Å²) in [5, 5.41) is 2.31. The lowest BCUT2D eigenvalue weighted by atomic mass is 10.1. The van der Waals surface area contributed by atoms with E-state index >= 15 is 0 Å². The third kappa shape index (κ3) is 3.49. The number of hydrogen-bond donors (Lipinski definition) is 0. The first-order valence-corrected chi connectivity index (χ1v) is 8.49. The largest absolute Gasteiger partial charge is 0.473 e. The molecule has 128 valence electrons. The van der Waals surface area contributed by atoms with E-state index in [1.54, 1.807) is 4.57 Å². The SMILES string of the molecule is O=c1cc(OCc2cccc3ccccc23)ncn1Cc1ccccc1. The molecule has 4 nitrogen and oxygen atoms in total. The lowest BCUT2D eigenvalue weighted by Crippen LogP contribution is -2.20. The summed E-state index contributed by atoms with van der Waals surface area (Å²) < 4.78 is 7.33. The number of rotatable bonds is 5. The Kier molecular flexibility index (Phi) is 4.48. The Morgan fingerprint density at radius 1 is 0.885 bits per heavy atom. The molecule has 4 aromatic rings. The molecule has 0 amide bonds. The zero-order valence-electron chi connectivity index (χ0n) is 14.2. The van der Waals surface area contributed by atoms with Gasteiger partial charge in [-0.05, 0) is 21.9 Å². The summed E-state index contributed by atoms with van der Waals surface area (Å²) in [5.74, 6) is 0.340. The van der Waals surface area contributed by atoms with Gasteiger partial charge in [0.1, 0.15) is 12.9 Å². The summed E-state index contributed by atoms with van der Waals surface area (Å²) in [6.45, 7) is 0.868. The lowest BCUT2D eigenvalue weighted by molar-refractivity contribution is 0.293. The molecule has 1 heterocycles. The number of aromatic nitrogens is 2. The van der Waals surface area contributed by atoms with Crippen molar-refractivity contribution in [1.82, 2.24) is 9.55 Å². The molecule has 0 bridgehead atoms. The fourth-order valence-corrected chi connectivity index (χ4v) is 2.96. The van der Waals surface area contributed by atoms with Crippen molar-refractivity contribution in [1.29, 1.82) is 0 Å². The van der Waals surface area contributed by atoms with Crippen molar-refractivity contribution in [3.05, 3.63) is 107 Å². The number of nitrogens with zero attached hydrogens (tertiary/aromatic N) is 2. The maximum absolute atomic E-state index is 12.3. The molecule has 0 N–H and O–H groups in total. The Morgan fingerprint density at radius 2 is 1.65 bits per heavy atom. The van der Waals surface area contributed by atoms with E-state index in [1.165, 1.54) is 17.8 Å². The second-order valence-electron chi connectivity index (χ2n) is 6.11. The van der Waals surface area contributed by atoms with Gasteiger partial charge in [0.15, 0.2) is 0 Å². The van der Waals surface area contributed by atoms with Crippen LogP contribution < -0.4 is 10.3 Å². The van der Waals surface area contributed by atoms with E-state index in [9.17, 15) is 4.79 Å². The lowest BCUT2D eigenvalue weighted by Gasteiger charge is -2.10. The van der Waals surface area contributed by atoms with Crippen molar-refractivity contribution < 1.29 is 4.74 Å². The maximum atomic E-state index is 12.3. The molecule has 0 saturated heterocycles. The summed E-state index contributed by atoms with van der Waals surface area (Å²) >= 11 is 0. The van der Waals surface area contributed by atoms with Gasteiger partial charge in [-0.1, -0.05) is 72.8 Å². The summed E-state index contributed by atoms with van der Waals surface area (Å²) in [5.41, 5.74) is 2.00. The molecule has 0 unspecified atom stereocenters. The molecular formula is C22H18N2O2. The first-order chi connectivity index (χ1) is 12.8. The van der Waals surface area contributed by atoms with Crippen molar-refractivity contribution in [2.24, 2.45) is 0 Å². The van der Waals surface area contributed by atoms with Crippen LogP contribution in [0, 0.1) is 0 Å². The summed E-state index contributed by atoms with van der Waals surface area (Å²) in [7, 11) is 0. The molecule has 1 aromatic heterocycles. The average molecular weight is 342 g/mol. The van der Waals surface area contributed by atoms with Gasteiger partial charge in [0.2, 0.25) is 5.88 Å². The summed E-state index contributed by atoms with van der Waals surface area (Å²) in [4.78, 5) is 16.6. The van der Waals surface area contributed by atoms with E-state index in [1.807, 2.05) is 54.6 Å². The van der Waals surface area contributed by atoms with Crippen molar-refractivity contribution >= 4 is 10.8 Å². The first kappa shape index (κ1) is 16.1. The van der Waals surface area contributed by atoms with E-state index in [4.69, 9.17) is 4.74 Å². The Labute approximate surface area is 151 Å². The molecule has 26 heavy (non-hydrogen) atoms. The highest BCUT2D eigenvalue weighted by Crippen LogP contribution is 2.19. The van der Waals surface area contributed by atoms with Crippen LogP contribution in [0.4, 0.5) is 0 Å².